The zero-order chi connectivity index (χ0) is 22.1. The summed E-state index contributed by atoms with van der Waals surface area (Å²) in [5, 5.41) is 10.9. The van der Waals surface area contributed by atoms with Gasteiger partial charge in [-0.3, -0.25) is 4.79 Å². The number of guanidine groups is 1. The third-order valence-electron chi connectivity index (χ3n) is 4.47. The molecule has 0 saturated carbocycles. The van der Waals surface area contributed by atoms with E-state index < -0.39 is 5.92 Å². The molecule has 1 unspecified atom stereocenters. The topological polar surface area (TPSA) is 109 Å². The van der Waals surface area contributed by atoms with Gasteiger partial charge < -0.3 is 21.7 Å². The third-order valence-corrected chi connectivity index (χ3v) is 4.47. The van der Waals surface area contributed by atoms with Gasteiger partial charge in [-0.25, -0.2) is 0 Å². The van der Waals surface area contributed by atoms with E-state index in [9.17, 15) is 4.79 Å². The normalized spacial score (nSPS) is 13.1. The van der Waals surface area contributed by atoms with Gasteiger partial charge in [0.1, 0.15) is 0 Å². The summed E-state index contributed by atoms with van der Waals surface area (Å²) in [4.78, 5) is 15.5. The first-order valence-electron chi connectivity index (χ1n) is 10.2. The molecule has 0 saturated heterocycles. The molecule has 0 aliphatic heterocycles. The standard InChI is InChI=1S/C22H38N6O/c1-14(2)11-28(12-15(3)4)13-19(18(7)26-27-22(23)24)21(29)25-20-9-8-16(5)10-17(20)6/h8-10,14-15,19H,11-13H2,1-7H3,(H,25,29)(H4,23,24,27)/b26-18-. The summed E-state index contributed by atoms with van der Waals surface area (Å²) in [6.45, 7) is 16.9. The Balaban J connectivity index is 3.15. The maximum absolute atomic E-state index is 13.2. The quantitative estimate of drug-likeness (QED) is 0.317. The second-order valence-corrected chi connectivity index (χ2v) is 8.63. The lowest BCUT2D eigenvalue weighted by atomic mass is 10.00. The van der Waals surface area contributed by atoms with Gasteiger partial charge in [-0.05, 0) is 44.2 Å². The first kappa shape index (κ1) is 24.6. The molecule has 1 amide bonds. The van der Waals surface area contributed by atoms with E-state index in [1.54, 1.807) is 6.92 Å². The van der Waals surface area contributed by atoms with Crippen LogP contribution in [0.4, 0.5) is 5.69 Å². The number of nitrogens with one attached hydrogen (secondary N) is 1. The number of carbonyl (C=O) groups excluding carboxylic acids is 1. The smallest absolute Gasteiger partial charge is 0.234 e. The van der Waals surface area contributed by atoms with Crippen LogP contribution in [0.3, 0.4) is 0 Å². The van der Waals surface area contributed by atoms with E-state index in [1.807, 2.05) is 26.0 Å². The van der Waals surface area contributed by atoms with Crippen molar-refractivity contribution in [3.8, 4) is 0 Å². The van der Waals surface area contributed by atoms with Crippen LogP contribution >= 0.6 is 0 Å². The number of carbonyl (C=O) groups is 1. The Kier molecular flexibility index (Phi) is 9.81. The number of benzene rings is 1. The molecule has 0 aromatic heterocycles. The summed E-state index contributed by atoms with van der Waals surface area (Å²) in [5.41, 5.74) is 14.4. The number of nitrogens with two attached hydrogens (primary N) is 2. The van der Waals surface area contributed by atoms with Crippen molar-refractivity contribution in [2.24, 2.45) is 39.4 Å². The Bertz CT molecular complexity index is 725. The minimum atomic E-state index is -0.462. The fraction of sp³-hybridized carbons (Fsp3) is 0.591. The molecule has 1 rings (SSSR count). The van der Waals surface area contributed by atoms with Gasteiger partial charge in [0.25, 0.3) is 0 Å². The zero-order valence-electron chi connectivity index (χ0n) is 19.0. The van der Waals surface area contributed by atoms with Crippen LogP contribution in [0.5, 0.6) is 0 Å². The van der Waals surface area contributed by atoms with E-state index in [0.717, 1.165) is 29.9 Å². The minimum Gasteiger partial charge on any atom is -0.369 e. The van der Waals surface area contributed by atoms with Gasteiger partial charge in [-0.2, -0.15) is 5.10 Å². The number of aryl methyl sites for hydroxylation is 2. The second-order valence-electron chi connectivity index (χ2n) is 8.63. The van der Waals surface area contributed by atoms with E-state index >= 15 is 0 Å². The highest BCUT2D eigenvalue weighted by Crippen LogP contribution is 2.18. The van der Waals surface area contributed by atoms with Crippen molar-refractivity contribution in [2.75, 3.05) is 25.0 Å². The van der Waals surface area contributed by atoms with Crippen LogP contribution in [0.2, 0.25) is 0 Å². The molecular weight excluding hydrogens is 364 g/mol. The molecule has 0 heterocycles. The van der Waals surface area contributed by atoms with Gasteiger partial charge >= 0.3 is 0 Å². The van der Waals surface area contributed by atoms with Gasteiger partial charge in [0.2, 0.25) is 11.9 Å². The van der Waals surface area contributed by atoms with Gasteiger partial charge in [0.15, 0.2) is 0 Å². The van der Waals surface area contributed by atoms with Gasteiger partial charge in [0, 0.05) is 25.3 Å². The van der Waals surface area contributed by atoms with E-state index in [4.69, 9.17) is 11.5 Å². The largest absolute Gasteiger partial charge is 0.369 e. The monoisotopic (exact) mass is 402 g/mol. The van der Waals surface area contributed by atoms with Crippen LogP contribution in [0.25, 0.3) is 0 Å². The number of hydrogen-bond acceptors (Lipinski definition) is 4. The third kappa shape index (κ3) is 9.09. The number of rotatable bonds is 10. The maximum Gasteiger partial charge on any atom is 0.234 e. The average Bonchev–Trinajstić information content (AvgIpc) is 2.58. The van der Waals surface area contributed by atoms with Crippen molar-refractivity contribution in [1.29, 1.82) is 0 Å². The molecule has 0 aliphatic carbocycles. The SMILES string of the molecule is C/C(=N/N=C(N)N)C(CN(CC(C)C)CC(C)C)C(=O)Nc1ccc(C)cc1C. The summed E-state index contributed by atoms with van der Waals surface area (Å²) in [6.07, 6.45) is 0. The molecule has 7 heteroatoms. The number of nitrogens with zero attached hydrogens (tertiary/aromatic N) is 3. The summed E-state index contributed by atoms with van der Waals surface area (Å²) >= 11 is 0. The van der Waals surface area contributed by atoms with Crippen LogP contribution in [0, 0.1) is 31.6 Å². The van der Waals surface area contributed by atoms with E-state index in [-0.39, 0.29) is 11.9 Å². The molecule has 1 aromatic rings. The highest BCUT2D eigenvalue weighted by molar-refractivity contribution is 6.09. The Labute approximate surface area is 175 Å². The van der Waals surface area contributed by atoms with E-state index in [2.05, 4.69) is 54.2 Å². The van der Waals surface area contributed by atoms with Crippen molar-refractivity contribution in [1.82, 2.24) is 4.90 Å². The average molecular weight is 403 g/mol. The van der Waals surface area contributed by atoms with Gasteiger partial charge in [0.05, 0.1) is 11.6 Å². The molecule has 162 valence electrons. The van der Waals surface area contributed by atoms with Gasteiger partial charge in [-0.1, -0.05) is 45.4 Å². The molecule has 0 radical (unpaired) electrons. The Morgan fingerprint density at radius 2 is 1.62 bits per heavy atom. The predicted octanol–water partition coefficient (Wildman–Crippen LogP) is 3.12. The van der Waals surface area contributed by atoms with Crippen molar-refractivity contribution < 1.29 is 4.79 Å². The molecule has 1 atom stereocenters. The molecule has 0 bridgehead atoms. The fourth-order valence-electron chi connectivity index (χ4n) is 3.30. The molecule has 5 N–H and O–H groups in total. The molecule has 0 spiro atoms. The summed E-state index contributed by atoms with van der Waals surface area (Å²) in [6, 6.07) is 5.97. The Morgan fingerprint density at radius 1 is 1.03 bits per heavy atom. The number of hydrogen-bond donors (Lipinski definition) is 3. The molecule has 29 heavy (non-hydrogen) atoms. The van der Waals surface area contributed by atoms with Crippen molar-refractivity contribution in [3.63, 3.8) is 0 Å². The molecule has 7 nitrogen and oxygen atoms in total. The van der Waals surface area contributed by atoms with Gasteiger partial charge in [-0.15, -0.1) is 5.10 Å². The van der Waals surface area contributed by atoms with Crippen molar-refractivity contribution in [3.05, 3.63) is 29.3 Å². The summed E-state index contributed by atoms with van der Waals surface area (Å²) < 4.78 is 0. The van der Waals surface area contributed by atoms with Crippen molar-refractivity contribution in [2.45, 2.75) is 48.5 Å². The van der Waals surface area contributed by atoms with Crippen LogP contribution in [-0.4, -0.2) is 42.1 Å². The molecule has 0 aliphatic rings. The van der Waals surface area contributed by atoms with Crippen LogP contribution in [-0.2, 0) is 4.79 Å². The highest BCUT2D eigenvalue weighted by Gasteiger charge is 2.26. The van der Waals surface area contributed by atoms with E-state index in [1.165, 1.54) is 0 Å². The fourth-order valence-corrected chi connectivity index (χ4v) is 3.30. The molecule has 1 aromatic carbocycles. The highest BCUT2D eigenvalue weighted by atomic mass is 16.1. The minimum absolute atomic E-state index is 0.110. The van der Waals surface area contributed by atoms with Crippen LogP contribution in [0.15, 0.2) is 28.4 Å². The lowest BCUT2D eigenvalue weighted by Gasteiger charge is -2.29. The van der Waals surface area contributed by atoms with Crippen molar-refractivity contribution >= 4 is 23.3 Å². The van der Waals surface area contributed by atoms with Crippen LogP contribution in [0.1, 0.15) is 45.7 Å². The zero-order valence-corrected chi connectivity index (χ0v) is 19.0. The molecular formula is C22H38N6O. The summed E-state index contributed by atoms with van der Waals surface area (Å²) in [5.74, 6) is 0.287. The maximum atomic E-state index is 13.2. The number of amides is 1. The Morgan fingerprint density at radius 3 is 2.10 bits per heavy atom. The lowest BCUT2D eigenvalue weighted by Crippen LogP contribution is -2.42. The second kappa shape index (κ2) is 11.6. The lowest BCUT2D eigenvalue weighted by molar-refractivity contribution is -0.118. The van der Waals surface area contributed by atoms with E-state index in [0.29, 0.717) is 24.1 Å². The predicted molar refractivity (Wildman–Crippen MR) is 123 cm³/mol. The number of anilines is 1. The first-order chi connectivity index (χ1) is 13.5. The summed E-state index contributed by atoms with van der Waals surface area (Å²) in [7, 11) is 0. The first-order valence-corrected chi connectivity index (χ1v) is 10.2. The molecule has 0 fully saturated rings. The van der Waals surface area contributed by atoms with Crippen LogP contribution < -0.4 is 16.8 Å². The Hall–Kier alpha value is -2.41.